The Morgan fingerprint density at radius 3 is 2.14 bits per heavy atom. The molecule has 0 unspecified atom stereocenters. The number of anilines is 1. The summed E-state index contributed by atoms with van der Waals surface area (Å²) in [7, 11) is 4.20. The quantitative estimate of drug-likeness (QED) is 0.717. The third-order valence-electron chi connectivity index (χ3n) is 3.89. The van der Waals surface area contributed by atoms with Crippen molar-refractivity contribution in [3.63, 3.8) is 0 Å². The Kier molecular flexibility index (Phi) is 7.18. The molecule has 0 aliphatic carbocycles. The molecule has 0 aliphatic heterocycles. The van der Waals surface area contributed by atoms with E-state index in [0.29, 0.717) is 17.8 Å². The number of carbonyl (C=O) groups is 2. The third-order valence-corrected chi connectivity index (χ3v) is 3.89. The molecule has 2 aromatic rings. The normalized spacial score (nSPS) is 11.2. The zero-order chi connectivity index (χ0) is 20.7. The molecule has 2 amide bonds. The summed E-state index contributed by atoms with van der Waals surface area (Å²) in [4.78, 5) is 25.6. The number of carbonyl (C=O) groups excluding carboxylic acids is 2. The average Bonchev–Trinajstić information content (AvgIpc) is 2.59. The van der Waals surface area contributed by atoms with Crippen LogP contribution in [0.3, 0.4) is 0 Å². The molecule has 0 aromatic heterocycles. The second-order valence-corrected chi connectivity index (χ2v) is 8.04. The molecule has 0 saturated carbocycles. The molecule has 0 atom stereocenters. The summed E-state index contributed by atoms with van der Waals surface area (Å²) >= 11 is 0. The number of amides is 2. The minimum Gasteiger partial charge on any atom is -0.444 e. The first-order valence-corrected chi connectivity index (χ1v) is 9.38. The van der Waals surface area contributed by atoms with Gasteiger partial charge in [0, 0.05) is 23.4 Å². The fourth-order valence-corrected chi connectivity index (χ4v) is 2.69. The van der Waals surface area contributed by atoms with Crippen molar-refractivity contribution < 1.29 is 19.2 Å². The summed E-state index contributed by atoms with van der Waals surface area (Å²) < 4.78 is 5.21. The maximum atomic E-state index is 12.4. The minimum absolute atomic E-state index is 0.157. The van der Waals surface area contributed by atoms with E-state index in [2.05, 4.69) is 30.8 Å². The van der Waals surface area contributed by atoms with Crippen LogP contribution in [-0.2, 0) is 17.8 Å². The van der Waals surface area contributed by atoms with Crippen LogP contribution in [0, 0.1) is 0 Å². The lowest BCUT2D eigenvalue weighted by Gasteiger charge is -2.19. The molecule has 0 fully saturated rings. The van der Waals surface area contributed by atoms with E-state index in [-0.39, 0.29) is 5.91 Å². The van der Waals surface area contributed by atoms with Crippen LogP contribution >= 0.6 is 0 Å². The van der Waals surface area contributed by atoms with Gasteiger partial charge in [0.1, 0.15) is 12.1 Å². The molecule has 2 rings (SSSR count). The predicted octanol–water partition coefficient (Wildman–Crippen LogP) is 2.61. The molecule has 6 heteroatoms. The number of ether oxygens (including phenoxy) is 1. The van der Waals surface area contributed by atoms with Gasteiger partial charge in [0.15, 0.2) is 0 Å². The van der Waals surface area contributed by atoms with E-state index in [1.54, 1.807) is 45.0 Å². The monoisotopic (exact) mass is 384 g/mol. The first-order chi connectivity index (χ1) is 13.1. The molecule has 0 saturated heterocycles. The van der Waals surface area contributed by atoms with Crippen LogP contribution in [-0.4, -0.2) is 31.7 Å². The van der Waals surface area contributed by atoms with E-state index in [9.17, 15) is 9.59 Å². The summed E-state index contributed by atoms with van der Waals surface area (Å²) in [5.41, 5.74) is 2.88. The first-order valence-electron chi connectivity index (χ1n) is 9.38. The number of rotatable bonds is 6. The van der Waals surface area contributed by atoms with Gasteiger partial charge < -0.3 is 15.0 Å². The summed E-state index contributed by atoms with van der Waals surface area (Å²) in [6.07, 6.45) is -0.524. The zero-order valence-electron chi connectivity index (χ0n) is 17.3. The molecule has 150 valence electrons. The SMILES string of the molecule is C[NH+](C)Cc1ccccc1CNC(=O)c1ccc(NC(=O)OC(C)(C)C)cc1. The summed E-state index contributed by atoms with van der Waals surface area (Å²) in [6.45, 7) is 6.78. The fourth-order valence-electron chi connectivity index (χ4n) is 2.69. The van der Waals surface area contributed by atoms with E-state index in [1.807, 2.05) is 18.2 Å². The number of nitrogens with one attached hydrogen (secondary N) is 3. The Hall–Kier alpha value is -2.86. The van der Waals surface area contributed by atoms with Crippen molar-refractivity contribution in [2.45, 2.75) is 39.5 Å². The molecule has 6 nitrogen and oxygen atoms in total. The molecule has 3 N–H and O–H groups in total. The Labute approximate surface area is 166 Å². The highest BCUT2D eigenvalue weighted by molar-refractivity contribution is 5.95. The van der Waals surface area contributed by atoms with E-state index in [4.69, 9.17) is 4.74 Å². The lowest BCUT2D eigenvalue weighted by molar-refractivity contribution is -0.872. The summed E-state index contributed by atoms with van der Waals surface area (Å²) in [5.74, 6) is -0.157. The van der Waals surface area contributed by atoms with E-state index in [0.717, 1.165) is 12.1 Å². The second kappa shape index (κ2) is 9.37. The van der Waals surface area contributed by atoms with Crippen molar-refractivity contribution in [2.24, 2.45) is 0 Å². The van der Waals surface area contributed by atoms with Gasteiger partial charge in [-0.1, -0.05) is 24.3 Å². The Balaban J connectivity index is 1.94. The zero-order valence-corrected chi connectivity index (χ0v) is 17.3. The van der Waals surface area contributed by atoms with Crippen molar-refractivity contribution in [1.29, 1.82) is 0 Å². The molecule has 0 spiro atoms. The Morgan fingerprint density at radius 2 is 1.57 bits per heavy atom. The lowest BCUT2D eigenvalue weighted by Crippen LogP contribution is -3.04. The van der Waals surface area contributed by atoms with Crippen LogP contribution in [0.1, 0.15) is 42.3 Å². The van der Waals surface area contributed by atoms with E-state index in [1.165, 1.54) is 10.5 Å². The van der Waals surface area contributed by atoms with Gasteiger partial charge in [-0.15, -0.1) is 0 Å². The second-order valence-electron chi connectivity index (χ2n) is 8.04. The van der Waals surface area contributed by atoms with Crippen molar-refractivity contribution in [1.82, 2.24) is 5.32 Å². The summed E-state index contributed by atoms with van der Waals surface area (Å²) in [5, 5.41) is 5.61. The van der Waals surface area contributed by atoms with Gasteiger partial charge in [-0.3, -0.25) is 10.1 Å². The van der Waals surface area contributed by atoms with Gasteiger partial charge in [-0.25, -0.2) is 4.79 Å². The number of quaternary nitrogens is 1. The van der Waals surface area contributed by atoms with Crippen molar-refractivity contribution in [3.05, 3.63) is 65.2 Å². The molecular weight excluding hydrogens is 354 g/mol. The minimum atomic E-state index is -0.561. The molecule has 0 heterocycles. The van der Waals surface area contributed by atoms with Crippen LogP contribution in [0.4, 0.5) is 10.5 Å². The number of benzene rings is 2. The highest BCUT2D eigenvalue weighted by atomic mass is 16.6. The van der Waals surface area contributed by atoms with Crippen LogP contribution in [0.2, 0.25) is 0 Å². The lowest BCUT2D eigenvalue weighted by atomic mass is 10.1. The van der Waals surface area contributed by atoms with Gasteiger partial charge in [0.05, 0.1) is 14.1 Å². The molecule has 0 radical (unpaired) electrons. The fraction of sp³-hybridized carbons (Fsp3) is 0.364. The van der Waals surface area contributed by atoms with Crippen molar-refractivity contribution in [2.75, 3.05) is 19.4 Å². The number of hydrogen-bond donors (Lipinski definition) is 3. The molecule has 28 heavy (non-hydrogen) atoms. The van der Waals surface area contributed by atoms with Gasteiger partial charge >= 0.3 is 6.09 Å². The standard InChI is InChI=1S/C22H29N3O3/c1-22(2,3)28-21(27)24-19-12-10-16(11-13-19)20(26)23-14-17-8-6-7-9-18(17)15-25(4)5/h6-13H,14-15H2,1-5H3,(H,23,26)(H,24,27)/p+1. The van der Waals surface area contributed by atoms with E-state index < -0.39 is 11.7 Å². The summed E-state index contributed by atoms with van der Waals surface area (Å²) in [6, 6.07) is 14.8. The first kappa shape index (κ1) is 21.4. The maximum absolute atomic E-state index is 12.4. The van der Waals surface area contributed by atoms with E-state index >= 15 is 0 Å². The van der Waals surface area contributed by atoms with Gasteiger partial charge in [0.2, 0.25) is 0 Å². The Bertz CT molecular complexity index is 809. The van der Waals surface area contributed by atoms with Crippen LogP contribution in [0.5, 0.6) is 0 Å². The van der Waals surface area contributed by atoms with Crippen molar-refractivity contribution >= 4 is 17.7 Å². The van der Waals surface area contributed by atoms with Crippen molar-refractivity contribution in [3.8, 4) is 0 Å². The highest BCUT2D eigenvalue weighted by Gasteiger charge is 2.16. The molecule has 2 aromatic carbocycles. The molecular formula is C22H30N3O3+. The average molecular weight is 385 g/mol. The molecule has 0 aliphatic rings. The predicted molar refractivity (Wildman–Crippen MR) is 110 cm³/mol. The third kappa shape index (κ3) is 7.04. The Morgan fingerprint density at radius 1 is 0.964 bits per heavy atom. The van der Waals surface area contributed by atoms with Crippen LogP contribution in [0.15, 0.2) is 48.5 Å². The largest absolute Gasteiger partial charge is 0.444 e. The van der Waals surface area contributed by atoms with Gasteiger partial charge in [0.25, 0.3) is 5.91 Å². The smallest absolute Gasteiger partial charge is 0.412 e. The number of hydrogen-bond acceptors (Lipinski definition) is 3. The van der Waals surface area contributed by atoms with Gasteiger partial charge in [-0.2, -0.15) is 0 Å². The highest BCUT2D eigenvalue weighted by Crippen LogP contribution is 2.13. The molecule has 0 bridgehead atoms. The van der Waals surface area contributed by atoms with Crippen LogP contribution in [0.25, 0.3) is 0 Å². The van der Waals surface area contributed by atoms with Crippen LogP contribution < -0.4 is 15.5 Å². The maximum Gasteiger partial charge on any atom is 0.412 e. The topological polar surface area (TPSA) is 71.9 Å². The van der Waals surface area contributed by atoms with Gasteiger partial charge in [-0.05, 0) is 50.6 Å².